The zero-order valence-electron chi connectivity index (χ0n) is 21.8. The largest absolute Gasteiger partial charge is 0.489 e. The number of aromatic nitrogens is 2. The number of carbonyl (C=O) groups excluding carboxylic acids is 1. The van der Waals surface area contributed by atoms with Crippen LogP contribution in [0.25, 0.3) is 22.3 Å². The van der Waals surface area contributed by atoms with E-state index in [1.54, 1.807) is 35.8 Å². The van der Waals surface area contributed by atoms with Crippen molar-refractivity contribution in [3.63, 3.8) is 0 Å². The fraction of sp³-hybridized carbons (Fsp3) is 0.300. The molecule has 0 fully saturated rings. The van der Waals surface area contributed by atoms with Crippen LogP contribution >= 0.6 is 0 Å². The molecule has 206 valence electrons. The lowest BCUT2D eigenvalue weighted by Crippen LogP contribution is -2.44. The highest BCUT2D eigenvalue weighted by Crippen LogP contribution is 2.41. The van der Waals surface area contributed by atoms with Crippen LogP contribution in [0.5, 0.6) is 5.75 Å². The molecule has 1 atom stereocenters. The van der Waals surface area contributed by atoms with Crippen LogP contribution < -0.4 is 10.3 Å². The summed E-state index contributed by atoms with van der Waals surface area (Å²) in [5.41, 5.74) is 1.04. The zero-order valence-corrected chi connectivity index (χ0v) is 21.8. The molecule has 0 bridgehead atoms. The molecule has 40 heavy (non-hydrogen) atoms. The van der Waals surface area contributed by atoms with E-state index in [4.69, 9.17) is 14.5 Å². The summed E-state index contributed by atoms with van der Waals surface area (Å²) in [6.45, 7) is 3.42. The molecule has 0 aliphatic carbocycles. The van der Waals surface area contributed by atoms with E-state index in [0.29, 0.717) is 29.1 Å². The van der Waals surface area contributed by atoms with Crippen molar-refractivity contribution in [2.45, 2.75) is 58.2 Å². The molecule has 0 saturated carbocycles. The number of benzene rings is 2. The Bertz CT molecular complexity index is 1760. The fourth-order valence-electron chi connectivity index (χ4n) is 5.72. The average molecular weight is 551 g/mol. The van der Waals surface area contributed by atoms with E-state index in [-0.39, 0.29) is 48.4 Å². The molecule has 0 spiro atoms. The van der Waals surface area contributed by atoms with Gasteiger partial charge in [-0.3, -0.25) is 4.79 Å². The zero-order chi connectivity index (χ0) is 28.4. The van der Waals surface area contributed by atoms with Gasteiger partial charge in [-0.15, -0.1) is 0 Å². The number of ether oxygens (including phenoxy) is 2. The van der Waals surface area contributed by atoms with Crippen molar-refractivity contribution in [1.82, 2.24) is 9.55 Å². The molecule has 2 aliphatic heterocycles. The molecule has 0 amide bonds. The maximum absolute atomic E-state index is 13.5. The lowest BCUT2D eigenvalue weighted by molar-refractivity contribution is -0.172. The van der Waals surface area contributed by atoms with Gasteiger partial charge in [0.25, 0.3) is 5.56 Å². The minimum atomic E-state index is -4.48. The third-order valence-corrected chi connectivity index (χ3v) is 7.85. The second-order valence-corrected chi connectivity index (χ2v) is 10.00. The normalized spacial score (nSPS) is 17.8. The van der Waals surface area contributed by atoms with Gasteiger partial charge in [0.05, 0.1) is 34.6 Å². The highest BCUT2D eigenvalue weighted by Gasteiger charge is 2.45. The van der Waals surface area contributed by atoms with E-state index in [9.17, 15) is 27.9 Å². The molecule has 1 N–H and O–H groups in total. The first-order chi connectivity index (χ1) is 19.1. The molecule has 4 aromatic rings. The lowest BCUT2D eigenvalue weighted by atomic mass is 9.86. The Hall–Kier alpha value is -4.18. The second kappa shape index (κ2) is 9.19. The van der Waals surface area contributed by atoms with Crippen LogP contribution in [-0.2, 0) is 47.5 Å². The highest BCUT2D eigenvalue weighted by atomic mass is 19.4. The quantitative estimate of drug-likeness (QED) is 0.301. The maximum atomic E-state index is 13.5. The Morgan fingerprint density at radius 2 is 1.88 bits per heavy atom. The summed E-state index contributed by atoms with van der Waals surface area (Å²) in [7, 11) is 0. The summed E-state index contributed by atoms with van der Waals surface area (Å²) in [5, 5.41) is 11.9. The number of hydrogen-bond acceptors (Lipinski definition) is 6. The minimum absolute atomic E-state index is 0.0335. The van der Waals surface area contributed by atoms with Gasteiger partial charge in [-0.05, 0) is 48.7 Å². The maximum Gasteiger partial charge on any atom is 0.416 e. The van der Waals surface area contributed by atoms with Gasteiger partial charge in [0.2, 0.25) is 0 Å². The number of halogens is 3. The second-order valence-electron chi connectivity index (χ2n) is 10.00. The molecule has 2 aromatic heterocycles. The molecule has 2 aliphatic rings. The number of esters is 1. The van der Waals surface area contributed by atoms with Crippen molar-refractivity contribution >= 4 is 16.9 Å². The first-order valence-corrected chi connectivity index (χ1v) is 13.0. The third kappa shape index (κ3) is 3.89. The third-order valence-electron chi connectivity index (χ3n) is 7.85. The van der Waals surface area contributed by atoms with Crippen molar-refractivity contribution in [2.24, 2.45) is 0 Å². The fourth-order valence-corrected chi connectivity index (χ4v) is 5.72. The number of hydrogen-bond donors (Lipinski definition) is 1. The number of fused-ring (bicyclic) bond motifs is 5. The van der Waals surface area contributed by atoms with Crippen LogP contribution in [0.4, 0.5) is 13.2 Å². The Kier molecular flexibility index (Phi) is 5.99. The molecule has 7 nitrogen and oxygen atoms in total. The van der Waals surface area contributed by atoms with Crippen LogP contribution in [0.15, 0.2) is 53.3 Å². The number of aliphatic hydroxyl groups is 1. The molecular formula is C30H25F3N2O5. The van der Waals surface area contributed by atoms with Gasteiger partial charge in [0.1, 0.15) is 19.0 Å². The summed E-state index contributed by atoms with van der Waals surface area (Å²) in [4.78, 5) is 30.7. The number of rotatable bonds is 5. The van der Waals surface area contributed by atoms with Crippen molar-refractivity contribution in [3.8, 4) is 17.1 Å². The van der Waals surface area contributed by atoms with Crippen LogP contribution in [0, 0.1) is 0 Å². The van der Waals surface area contributed by atoms with E-state index in [1.165, 1.54) is 18.2 Å². The lowest BCUT2D eigenvalue weighted by Gasteiger charge is -2.31. The van der Waals surface area contributed by atoms with Crippen LogP contribution in [0.3, 0.4) is 0 Å². The summed E-state index contributed by atoms with van der Waals surface area (Å²) in [5.74, 6) is -0.385. The summed E-state index contributed by atoms with van der Waals surface area (Å²) >= 11 is 0. The molecule has 1 unspecified atom stereocenters. The van der Waals surface area contributed by atoms with E-state index in [1.807, 2.05) is 6.92 Å². The standard InChI is InChI=1S/C30H25F3N2O5/c1-3-18-19-11-17(39-14-16-7-5-6-8-22(16)30(31,32)33)9-10-24(19)34-26-20(18)13-35-25(26)12-23-21(27(35)36)15-40-28(37)29(23,38)4-2/h5-12,38H,3-4,13-15H2,1-2H3. The predicted octanol–water partition coefficient (Wildman–Crippen LogP) is 5.24. The number of cyclic esters (lactones) is 1. The Labute approximate surface area is 226 Å². The molecule has 6 rings (SSSR count). The van der Waals surface area contributed by atoms with E-state index < -0.39 is 23.3 Å². The Balaban J connectivity index is 1.42. The van der Waals surface area contributed by atoms with E-state index in [2.05, 4.69) is 0 Å². The van der Waals surface area contributed by atoms with E-state index in [0.717, 1.165) is 22.6 Å². The van der Waals surface area contributed by atoms with Gasteiger partial charge in [0, 0.05) is 22.1 Å². The topological polar surface area (TPSA) is 90.6 Å². The molecule has 0 radical (unpaired) electrons. The number of carbonyl (C=O) groups is 1. The van der Waals surface area contributed by atoms with Crippen LogP contribution in [0.1, 0.15) is 53.6 Å². The average Bonchev–Trinajstić information content (AvgIpc) is 3.31. The summed E-state index contributed by atoms with van der Waals surface area (Å²) in [6.07, 6.45) is -3.83. The molecular weight excluding hydrogens is 525 g/mol. The van der Waals surface area contributed by atoms with Crippen molar-refractivity contribution in [1.29, 1.82) is 0 Å². The SMILES string of the molecule is CCc1c2c(nc3ccc(OCc4ccccc4C(F)(F)F)cc13)-c1cc3c(c(=O)n1C2)COC(=O)C3(O)CC. The van der Waals surface area contributed by atoms with Gasteiger partial charge in [-0.1, -0.05) is 32.0 Å². The number of alkyl halides is 3. The van der Waals surface area contributed by atoms with Gasteiger partial charge in [0.15, 0.2) is 5.60 Å². The van der Waals surface area contributed by atoms with Crippen molar-refractivity contribution in [2.75, 3.05) is 0 Å². The first-order valence-electron chi connectivity index (χ1n) is 13.0. The van der Waals surface area contributed by atoms with Crippen LogP contribution in [-0.4, -0.2) is 20.6 Å². The Morgan fingerprint density at radius 3 is 2.60 bits per heavy atom. The number of nitrogens with zero attached hydrogens (tertiary/aromatic N) is 2. The molecule has 4 heterocycles. The summed E-state index contributed by atoms with van der Waals surface area (Å²) < 4.78 is 52.7. The molecule has 10 heteroatoms. The van der Waals surface area contributed by atoms with Gasteiger partial charge < -0.3 is 19.1 Å². The molecule has 0 saturated heterocycles. The summed E-state index contributed by atoms with van der Waals surface area (Å²) in [6, 6.07) is 12.1. The van der Waals surface area contributed by atoms with Gasteiger partial charge in [-0.25, -0.2) is 9.78 Å². The van der Waals surface area contributed by atoms with Gasteiger partial charge in [-0.2, -0.15) is 13.2 Å². The van der Waals surface area contributed by atoms with Crippen molar-refractivity contribution in [3.05, 3.63) is 92.3 Å². The molecule has 2 aromatic carbocycles. The number of aryl methyl sites for hydroxylation is 1. The van der Waals surface area contributed by atoms with Crippen molar-refractivity contribution < 1.29 is 32.5 Å². The van der Waals surface area contributed by atoms with E-state index >= 15 is 0 Å². The van der Waals surface area contributed by atoms with Gasteiger partial charge >= 0.3 is 12.1 Å². The first kappa shape index (κ1) is 26.1. The van der Waals surface area contributed by atoms with Crippen LogP contribution in [0.2, 0.25) is 0 Å². The Morgan fingerprint density at radius 1 is 1.10 bits per heavy atom. The highest BCUT2D eigenvalue weighted by molar-refractivity contribution is 5.90. The smallest absolute Gasteiger partial charge is 0.416 e. The number of pyridine rings is 2. The minimum Gasteiger partial charge on any atom is -0.489 e. The predicted molar refractivity (Wildman–Crippen MR) is 140 cm³/mol. The monoisotopic (exact) mass is 550 g/mol.